The van der Waals surface area contributed by atoms with E-state index in [0.717, 1.165) is 38.3 Å². The molecule has 4 rings (SSSR count). The topological polar surface area (TPSA) is 70.6 Å². The Morgan fingerprint density at radius 1 is 1.26 bits per heavy atom. The van der Waals surface area contributed by atoms with Crippen LogP contribution >= 0.6 is 11.3 Å². The molecule has 1 fully saturated rings. The first kappa shape index (κ1) is 14.5. The van der Waals surface area contributed by atoms with Crippen molar-refractivity contribution in [3.63, 3.8) is 0 Å². The van der Waals surface area contributed by atoms with E-state index >= 15 is 0 Å². The van der Waals surface area contributed by atoms with Gasteiger partial charge in [-0.15, -0.1) is 0 Å². The lowest BCUT2D eigenvalue weighted by atomic mass is 9.96. The van der Waals surface area contributed by atoms with Gasteiger partial charge in [0.1, 0.15) is 11.5 Å². The van der Waals surface area contributed by atoms with Crippen molar-refractivity contribution in [3.05, 3.63) is 46.8 Å². The fourth-order valence-electron chi connectivity index (χ4n) is 2.99. The summed E-state index contributed by atoms with van der Waals surface area (Å²) >= 11 is 1.77. The third-order valence-corrected chi connectivity index (χ3v) is 4.99. The molecule has 0 unspecified atom stereocenters. The summed E-state index contributed by atoms with van der Waals surface area (Å²) in [6.45, 7) is 3.25. The molecule has 0 aromatic carbocycles. The average Bonchev–Trinajstić information content (AvgIpc) is 3.28. The molecular weight excluding hydrogens is 308 g/mol. The summed E-state index contributed by atoms with van der Waals surface area (Å²) in [7, 11) is 0. The average molecular weight is 326 g/mol. The van der Waals surface area contributed by atoms with E-state index in [1.54, 1.807) is 29.9 Å². The first-order chi connectivity index (χ1) is 11.4. The molecule has 4 heterocycles. The Balaban J connectivity index is 1.38. The van der Waals surface area contributed by atoms with E-state index < -0.39 is 0 Å². The van der Waals surface area contributed by atoms with Gasteiger partial charge in [0.05, 0.1) is 6.20 Å². The van der Waals surface area contributed by atoms with Gasteiger partial charge in [-0.2, -0.15) is 16.4 Å². The third kappa shape index (κ3) is 3.30. The van der Waals surface area contributed by atoms with Crippen molar-refractivity contribution in [3.8, 4) is 11.5 Å². The van der Waals surface area contributed by atoms with Crippen LogP contribution in [-0.4, -0.2) is 43.1 Å². The minimum Gasteiger partial charge on any atom is -0.299 e. The molecule has 3 aromatic heterocycles. The summed E-state index contributed by atoms with van der Waals surface area (Å²) in [5, 5.41) is 11.8. The maximum atomic E-state index is 4.62. The van der Waals surface area contributed by atoms with Crippen molar-refractivity contribution in [2.24, 2.45) is 0 Å². The molecule has 23 heavy (non-hydrogen) atoms. The highest BCUT2D eigenvalue weighted by atomic mass is 32.1. The normalized spacial score (nSPS) is 16.7. The fourth-order valence-corrected chi connectivity index (χ4v) is 3.65. The molecule has 7 heteroatoms. The van der Waals surface area contributed by atoms with Gasteiger partial charge in [-0.3, -0.25) is 15.0 Å². The number of rotatable bonds is 4. The van der Waals surface area contributed by atoms with Crippen LogP contribution < -0.4 is 0 Å². The molecule has 1 saturated heterocycles. The van der Waals surface area contributed by atoms with Crippen molar-refractivity contribution in [2.45, 2.75) is 25.3 Å². The van der Waals surface area contributed by atoms with Crippen molar-refractivity contribution in [2.75, 3.05) is 13.1 Å². The summed E-state index contributed by atoms with van der Waals surface area (Å²) in [5.41, 5.74) is 2.13. The molecule has 0 radical (unpaired) electrons. The number of aromatic nitrogens is 5. The Labute approximate surface area is 138 Å². The summed E-state index contributed by atoms with van der Waals surface area (Å²) in [6, 6.07) is 2.21. The van der Waals surface area contributed by atoms with Crippen LogP contribution in [0.15, 0.2) is 35.4 Å². The zero-order chi connectivity index (χ0) is 15.5. The summed E-state index contributed by atoms with van der Waals surface area (Å²) in [4.78, 5) is 15.4. The number of piperidine rings is 1. The lowest BCUT2D eigenvalue weighted by molar-refractivity contribution is 0.202. The Morgan fingerprint density at radius 2 is 2.17 bits per heavy atom. The van der Waals surface area contributed by atoms with Gasteiger partial charge in [-0.1, -0.05) is 0 Å². The van der Waals surface area contributed by atoms with Crippen LogP contribution in [0.3, 0.4) is 0 Å². The first-order valence-corrected chi connectivity index (χ1v) is 8.75. The molecule has 6 nitrogen and oxygen atoms in total. The van der Waals surface area contributed by atoms with Crippen LogP contribution in [0.1, 0.15) is 30.1 Å². The second-order valence-electron chi connectivity index (χ2n) is 5.82. The van der Waals surface area contributed by atoms with Crippen LogP contribution in [-0.2, 0) is 6.54 Å². The highest BCUT2D eigenvalue weighted by Gasteiger charge is 2.23. The van der Waals surface area contributed by atoms with Crippen LogP contribution in [0.25, 0.3) is 11.5 Å². The Hall–Kier alpha value is -2.12. The quantitative estimate of drug-likeness (QED) is 0.798. The van der Waals surface area contributed by atoms with Gasteiger partial charge in [0.15, 0.2) is 0 Å². The molecule has 0 saturated carbocycles. The van der Waals surface area contributed by atoms with E-state index in [9.17, 15) is 0 Å². The van der Waals surface area contributed by atoms with Gasteiger partial charge in [0, 0.05) is 24.9 Å². The van der Waals surface area contributed by atoms with Crippen molar-refractivity contribution in [1.29, 1.82) is 0 Å². The van der Waals surface area contributed by atoms with Gasteiger partial charge in [-0.25, -0.2) is 9.97 Å². The molecule has 1 aliphatic heterocycles. The number of likely N-dealkylation sites (tertiary alicyclic amines) is 1. The number of hydrogen-bond acceptors (Lipinski definition) is 6. The molecule has 3 aromatic rings. The molecule has 118 valence electrons. The zero-order valence-electron chi connectivity index (χ0n) is 12.7. The van der Waals surface area contributed by atoms with E-state index in [2.05, 4.69) is 46.9 Å². The second kappa shape index (κ2) is 6.55. The highest BCUT2D eigenvalue weighted by Crippen LogP contribution is 2.27. The van der Waals surface area contributed by atoms with E-state index in [1.807, 2.05) is 0 Å². The number of hydrogen-bond donors (Lipinski definition) is 1. The predicted molar refractivity (Wildman–Crippen MR) is 89.0 cm³/mol. The fraction of sp³-hybridized carbons (Fsp3) is 0.375. The predicted octanol–water partition coefficient (Wildman–Crippen LogP) is 2.70. The minimum absolute atomic E-state index is 0.451. The highest BCUT2D eigenvalue weighted by molar-refractivity contribution is 7.07. The lowest BCUT2D eigenvalue weighted by Gasteiger charge is -2.30. The second-order valence-corrected chi connectivity index (χ2v) is 6.60. The van der Waals surface area contributed by atoms with Crippen molar-refractivity contribution < 1.29 is 0 Å². The summed E-state index contributed by atoms with van der Waals surface area (Å²) in [6.07, 6.45) is 7.23. The number of aromatic amines is 1. The lowest BCUT2D eigenvalue weighted by Crippen LogP contribution is -2.32. The Morgan fingerprint density at radius 3 is 2.91 bits per heavy atom. The molecular formula is C16H18N6S. The number of H-pyrrole nitrogens is 1. The molecule has 0 aliphatic carbocycles. The largest absolute Gasteiger partial charge is 0.299 e. The maximum absolute atomic E-state index is 4.62. The van der Waals surface area contributed by atoms with Gasteiger partial charge in [0.25, 0.3) is 0 Å². The number of nitrogens with one attached hydrogen (secondary N) is 1. The van der Waals surface area contributed by atoms with Crippen molar-refractivity contribution >= 4 is 11.3 Å². The molecule has 1 N–H and O–H groups in total. The molecule has 0 atom stereocenters. The molecule has 1 aliphatic rings. The number of nitrogens with zero attached hydrogens (tertiary/aromatic N) is 5. The van der Waals surface area contributed by atoms with Crippen LogP contribution in [0, 0.1) is 0 Å². The van der Waals surface area contributed by atoms with Gasteiger partial charge < -0.3 is 0 Å². The maximum Gasteiger partial charge on any atom is 0.201 e. The first-order valence-electron chi connectivity index (χ1n) is 7.80. The zero-order valence-corrected chi connectivity index (χ0v) is 13.5. The molecule has 0 bridgehead atoms. The molecule has 0 spiro atoms. The van der Waals surface area contributed by atoms with Gasteiger partial charge in [0.2, 0.25) is 5.82 Å². The Bertz CT molecular complexity index is 731. The third-order valence-electron chi connectivity index (χ3n) is 4.26. The smallest absolute Gasteiger partial charge is 0.201 e. The van der Waals surface area contributed by atoms with Crippen LogP contribution in [0.4, 0.5) is 0 Å². The van der Waals surface area contributed by atoms with E-state index in [4.69, 9.17) is 0 Å². The van der Waals surface area contributed by atoms with Gasteiger partial charge >= 0.3 is 0 Å². The SMILES string of the molecule is c1cnc(-c2n[nH]c(C3CCN(Cc4ccsc4)CC3)n2)cn1. The molecule has 0 amide bonds. The summed E-state index contributed by atoms with van der Waals surface area (Å²) in [5.74, 6) is 2.06. The van der Waals surface area contributed by atoms with E-state index in [1.165, 1.54) is 5.56 Å². The van der Waals surface area contributed by atoms with E-state index in [-0.39, 0.29) is 0 Å². The van der Waals surface area contributed by atoms with Crippen LogP contribution in [0.5, 0.6) is 0 Å². The van der Waals surface area contributed by atoms with Crippen LogP contribution in [0.2, 0.25) is 0 Å². The van der Waals surface area contributed by atoms with Gasteiger partial charge in [-0.05, 0) is 48.3 Å². The monoisotopic (exact) mass is 326 g/mol. The minimum atomic E-state index is 0.451. The summed E-state index contributed by atoms with van der Waals surface area (Å²) < 4.78 is 0. The van der Waals surface area contributed by atoms with E-state index in [0.29, 0.717) is 17.4 Å². The standard InChI is InChI=1S/C16H18N6S/c1-6-22(10-12-3-8-23-11-12)7-2-13(1)15-19-16(21-20-15)14-9-17-4-5-18-14/h3-5,8-9,11,13H,1-2,6-7,10H2,(H,19,20,21). The van der Waals surface area contributed by atoms with Crippen molar-refractivity contribution in [1.82, 2.24) is 30.0 Å². The Kier molecular flexibility index (Phi) is 4.12. The number of thiophene rings is 1.